The number of hydrogen-bond acceptors (Lipinski definition) is 18. The number of nitro groups is 3. The Labute approximate surface area is 351 Å². The molecule has 0 amide bonds. The van der Waals surface area contributed by atoms with Crippen molar-refractivity contribution in [3.8, 4) is 17.2 Å². The molecule has 0 aliphatic heterocycles. The van der Waals surface area contributed by atoms with Crippen LogP contribution in [-0.4, -0.2) is 79.2 Å². The van der Waals surface area contributed by atoms with Crippen LogP contribution in [0.1, 0.15) is 13.8 Å². The summed E-state index contributed by atoms with van der Waals surface area (Å²) < 4.78 is 38.1. The van der Waals surface area contributed by atoms with Crippen LogP contribution in [0.2, 0.25) is 0 Å². The number of fused-ring (bicyclic) bond motifs is 3. The Bertz CT molecular complexity index is 2580. The van der Waals surface area contributed by atoms with Crippen molar-refractivity contribution in [3.05, 3.63) is 122 Å². The minimum absolute atomic E-state index is 0.00465. The van der Waals surface area contributed by atoms with E-state index in [0.29, 0.717) is 38.7 Å². The van der Waals surface area contributed by atoms with E-state index in [1.807, 2.05) is 0 Å². The normalized spacial score (nSPS) is 10.2. The van der Waals surface area contributed by atoms with Crippen LogP contribution in [0.5, 0.6) is 17.2 Å². The highest BCUT2D eigenvalue weighted by atomic mass is 35.7. The van der Waals surface area contributed by atoms with Crippen LogP contribution in [-0.2, 0) is 27.8 Å². The molecule has 3 aromatic carbocycles. The molecule has 0 atom stereocenters. The molecule has 0 fully saturated rings. The molecule has 318 valence electrons. The molecule has 22 nitrogen and oxygen atoms in total. The van der Waals surface area contributed by atoms with Crippen LogP contribution >= 0.6 is 33.9 Å². The Hall–Kier alpha value is -6.79. The number of benzene rings is 3. The summed E-state index contributed by atoms with van der Waals surface area (Å²) in [4.78, 5) is 62.5. The average molecular weight is 916 g/mol. The van der Waals surface area contributed by atoms with Gasteiger partial charge in [-0.3, -0.25) is 54.9 Å². The maximum atomic E-state index is 10.9. The second-order valence-electron chi connectivity index (χ2n) is 10.5. The maximum Gasteiger partial charge on any atom is 0.356 e. The number of aromatic hydroxyl groups is 1. The number of nitro benzene ring substituents is 3. The Morgan fingerprint density at radius 3 is 1.40 bits per heavy atom. The molecule has 0 saturated carbocycles. The number of carbonyl (C=O) groups is 2. The van der Waals surface area contributed by atoms with Crippen molar-refractivity contribution < 1.29 is 61.4 Å². The Balaban J connectivity index is 0.000000278. The molecule has 0 unspecified atom stereocenters. The van der Waals surface area contributed by atoms with E-state index in [9.17, 15) is 48.7 Å². The third-order valence-corrected chi connectivity index (χ3v) is 7.62. The van der Waals surface area contributed by atoms with E-state index in [0.717, 1.165) is 6.92 Å². The molecule has 0 radical (unpaired) electrons. The van der Waals surface area contributed by atoms with Gasteiger partial charge in [0.15, 0.2) is 6.07 Å². The number of carboxylic acid groups (broad SMARTS) is 1. The van der Waals surface area contributed by atoms with Crippen LogP contribution in [0.25, 0.3) is 32.7 Å². The van der Waals surface area contributed by atoms with Crippen molar-refractivity contribution in [1.29, 1.82) is 0 Å². The molecule has 60 heavy (non-hydrogen) atoms. The molecule has 6 rings (SSSR count). The SMILES string of the molecule is CC(=O)O.CC(=O)OCOc1ccc([N+](=O)[O-])c2cccnc12.O=S(=O)(Cl)OCCl.O=[N+]([O-])c1ccc(O)c2ncccc12.O=[N+]([O-])c1ccc(OCCl)c2ncccc12. The number of rotatable bonds is 10. The fraction of sp³-hybridized carbons (Fsp3) is 0.147. The molecule has 2 N–H and O–H groups in total. The molecular formula is C34H29Cl3N6O16S. The fourth-order valence-corrected chi connectivity index (χ4v) is 5.25. The van der Waals surface area contributed by atoms with E-state index in [4.69, 9.17) is 42.6 Å². The molecule has 0 bridgehead atoms. The Morgan fingerprint density at radius 2 is 1.05 bits per heavy atom. The summed E-state index contributed by atoms with van der Waals surface area (Å²) in [5.41, 5.74) is 0.946. The fourth-order valence-electron chi connectivity index (χ4n) is 4.40. The second kappa shape index (κ2) is 24.2. The number of phenolic OH excluding ortho intramolecular Hbond substituents is 1. The van der Waals surface area contributed by atoms with E-state index in [1.165, 1.54) is 55.7 Å². The average Bonchev–Trinajstić information content (AvgIpc) is 3.18. The number of halogens is 3. The van der Waals surface area contributed by atoms with Crippen LogP contribution in [0.15, 0.2) is 91.4 Å². The van der Waals surface area contributed by atoms with Crippen molar-refractivity contribution in [2.24, 2.45) is 0 Å². The standard InChI is InChI=1S/C12H10N2O5.C10H7ClN2O3.C9H6N2O3.C2H4O2.CH2Cl2O3S/c1-8(15)18-7-19-11-5-4-10(14(16)17)9-3-2-6-13-12(9)11;11-6-16-9-4-3-8(13(14)15)7-2-1-5-12-10(7)9;12-8-4-3-7(11(13)14)6-2-1-5-10-9(6)8;1-2(3)4;2-1-6-7(3,4)5/h2-6H,7H2,1H3;1-5H,6H2;1-5,12H;1H3,(H,3,4);1H2. The summed E-state index contributed by atoms with van der Waals surface area (Å²) in [6, 6.07) is 17.3. The molecule has 0 aliphatic rings. The number of carboxylic acids is 1. The van der Waals surface area contributed by atoms with E-state index < -0.39 is 42.1 Å². The van der Waals surface area contributed by atoms with Crippen molar-refractivity contribution in [1.82, 2.24) is 15.0 Å². The smallest absolute Gasteiger partial charge is 0.356 e. The molecule has 3 heterocycles. The second-order valence-corrected chi connectivity index (χ2v) is 13.1. The number of pyridine rings is 3. The molecule has 0 spiro atoms. The van der Waals surface area contributed by atoms with Crippen LogP contribution < -0.4 is 9.47 Å². The lowest BCUT2D eigenvalue weighted by Crippen LogP contribution is -2.07. The van der Waals surface area contributed by atoms with Gasteiger partial charge in [0.25, 0.3) is 23.0 Å². The van der Waals surface area contributed by atoms with Crippen LogP contribution in [0.4, 0.5) is 17.1 Å². The zero-order valence-electron chi connectivity index (χ0n) is 30.6. The Morgan fingerprint density at radius 1 is 0.667 bits per heavy atom. The number of alkyl halides is 2. The van der Waals surface area contributed by atoms with Gasteiger partial charge in [0, 0.05) is 61.3 Å². The van der Waals surface area contributed by atoms with Gasteiger partial charge in [0.05, 0.1) is 30.9 Å². The van der Waals surface area contributed by atoms with Crippen molar-refractivity contribution in [2.75, 3.05) is 18.9 Å². The summed E-state index contributed by atoms with van der Waals surface area (Å²) >= 11 is 10.3. The number of non-ortho nitro benzene ring substituents is 3. The minimum atomic E-state index is -3.83. The van der Waals surface area contributed by atoms with Gasteiger partial charge in [-0.15, -0.1) is 0 Å². The van der Waals surface area contributed by atoms with Crippen molar-refractivity contribution in [3.63, 3.8) is 0 Å². The number of ether oxygens (including phenoxy) is 3. The van der Waals surface area contributed by atoms with Gasteiger partial charge in [0.1, 0.15) is 39.9 Å². The first-order chi connectivity index (χ1) is 28.3. The maximum absolute atomic E-state index is 10.9. The summed E-state index contributed by atoms with van der Waals surface area (Å²) in [7, 11) is 0.665. The summed E-state index contributed by atoms with van der Waals surface area (Å²) in [5.74, 6) is -0.593. The van der Waals surface area contributed by atoms with Gasteiger partial charge in [0.2, 0.25) is 6.79 Å². The largest absolute Gasteiger partial charge is 0.506 e. The van der Waals surface area contributed by atoms with Gasteiger partial charge in [-0.25, -0.2) is 4.18 Å². The predicted octanol–water partition coefficient (Wildman–Crippen LogP) is 7.38. The van der Waals surface area contributed by atoms with Gasteiger partial charge in [-0.2, -0.15) is 8.42 Å². The topological polar surface area (TPSA) is 314 Å². The number of hydrogen-bond donors (Lipinski definition) is 2. The monoisotopic (exact) mass is 914 g/mol. The molecule has 0 saturated heterocycles. The zero-order chi connectivity index (χ0) is 45.0. The number of phenols is 1. The quantitative estimate of drug-likeness (QED) is 0.0338. The van der Waals surface area contributed by atoms with E-state index in [2.05, 4.69) is 34.6 Å². The first kappa shape index (κ1) is 49.4. The van der Waals surface area contributed by atoms with Crippen LogP contribution in [0, 0.1) is 30.3 Å². The first-order valence-electron chi connectivity index (χ1n) is 15.9. The summed E-state index contributed by atoms with van der Waals surface area (Å²) in [6.45, 7) is 2.08. The van der Waals surface area contributed by atoms with Gasteiger partial charge >= 0.3 is 15.3 Å². The highest BCUT2D eigenvalue weighted by Gasteiger charge is 2.17. The molecular weight excluding hydrogens is 887 g/mol. The van der Waals surface area contributed by atoms with E-state index in [-0.39, 0.29) is 41.2 Å². The highest BCUT2D eigenvalue weighted by Crippen LogP contribution is 2.33. The number of carbonyl (C=O) groups excluding carboxylic acids is 1. The molecule has 26 heteroatoms. The van der Waals surface area contributed by atoms with Gasteiger partial charge < -0.3 is 24.4 Å². The third-order valence-electron chi connectivity index (χ3n) is 6.61. The minimum Gasteiger partial charge on any atom is -0.506 e. The van der Waals surface area contributed by atoms with Crippen molar-refractivity contribution >= 4 is 105 Å². The molecule has 3 aromatic heterocycles. The number of esters is 1. The lowest BCUT2D eigenvalue weighted by atomic mass is 10.1. The van der Waals surface area contributed by atoms with Gasteiger partial charge in [-0.05, 0) is 54.6 Å². The zero-order valence-corrected chi connectivity index (χ0v) is 33.7. The number of aliphatic carboxylic acids is 1. The first-order valence-corrected chi connectivity index (χ1v) is 19.2. The highest BCUT2D eigenvalue weighted by molar-refractivity contribution is 8.10. The van der Waals surface area contributed by atoms with Gasteiger partial charge in [-0.1, -0.05) is 23.2 Å². The lowest BCUT2D eigenvalue weighted by Gasteiger charge is -2.08. The lowest BCUT2D eigenvalue weighted by molar-refractivity contribution is -0.383. The van der Waals surface area contributed by atoms with E-state index >= 15 is 0 Å². The number of aromatic nitrogens is 3. The van der Waals surface area contributed by atoms with E-state index in [1.54, 1.807) is 42.6 Å². The molecule has 0 aliphatic carbocycles. The predicted molar refractivity (Wildman–Crippen MR) is 215 cm³/mol. The van der Waals surface area contributed by atoms with Crippen molar-refractivity contribution in [2.45, 2.75) is 13.8 Å². The summed E-state index contributed by atoms with van der Waals surface area (Å²) in [5, 5.41) is 50.3. The Kier molecular flexibility index (Phi) is 19.9. The summed E-state index contributed by atoms with van der Waals surface area (Å²) in [6.07, 6.45) is 4.53. The molecule has 6 aromatic rings. The van der Waals surface area contributed by atoms with Crippen LogP contribution in [0.3, 0.4) is 0 Å². The number of nitrogens with zero attached hydrogens (tertiary/aromatic N) is 6. The third kappa shape index (κ3) is 15.9.